The van der Waals surface area contributed by atoms with E-state index in [2.05, 4.69) is 235 Å². The minimum atomic E-state index is 0.828. The maximum Gasteiger partial charge on any atom is 0.145 e. The normalized spacial score (nSPS) is 11.7. The summed E-state index contributed by atoms with van der Waals surface area (Å²) in [5.41, 5.74) is 15.3. The Morgan fingerprint density at radius 3 is 1.60 bits per heavy atom. The van der Waals surface area contributed by atoms with Crippen molar-refractivity contribution in [1.82, 2.24) is 0 Å². The van der Waals surface area contributed by atoms with Gasteiger partial charge in [0.2, 0.25) is 0 Å². The molecule has 0 saturated heterocycles. The molecule has 0 bridgehead atoms. The van der Waals surface area contributed by atoms with Crippen LogP contribution in [-0.2, 0) is 0 Å². The van der Waals surface area contributed by atoms with Gasteiger partial charge in [0.1, 0.15) is 22.3 Å². The summed E-state index contributed by atoms with van der Waals surface area (Å²) in [5.74, 6) is 0. The predicted molar refractivity (Wildman–Crippen MR) is 272 cm³/mol. The smallest absolute Gasteiger partial charge is 0.145 e. The Bertz CT molecular complexity index is 3920. The van der Waals surface area contributed by atoms with Gasteiger partial charge in [-0.05, 0) is 121 Å². The van der Waals surface area contributed by atoms with Crippen LogP contribution in [-0.4, -0.2) is 0 Å². The maximum absolute atomic E-state index is 7.09. The number of para-hydroxylation sites is 1. The zero-order valence-corrected chi connectivity index (χ0v) is 35.3. The van der Waals surface area contributed by atoms with Crippen molar-refractivity contribution >= 4 is 82.5 Å². The first-order chi connectivity index (χ1) is 32.2. The lowest BCUT2D eigenvalue weighted by molar-refractivity contribution is 0.669. The van der Waals surface area contributed by atoms with Crippen LogP contribution in [0.1, 0.15) is 0 Å². The van der Waals surface area contributed by atoms with Crippen molar-refractivity contribution in [3.63, 3.8) is 0 Å². The molecule has 3 heteroatoms. The van der Waals surface area contributed by atoms with Gasteiger partial charge < -0.3 is 13.7 Å². The second kappa shape index (κ2) is 15.0. The van der Waals surface area contributed by atoms with E-state index in [0.29, 0.717) is 0 Å². The molecule has 0 radical (unpaired) electrons. The lowest BCUT2D eigenvalue weighted by Gasteiger charge is -2.28. The number of furan rings is 2. The Balaban J connectivity index is 1.08. The average Bonchev–Trinajstić information content (AvgIpc) is 3.96. The molecule has 11 aromatic carbocycles. The molecule has 0 aliphatic rings. The minimum Gasteiger partial charge on any atom is -0.456 e. The molecule has 0 amide bonds. The van der Waals surface area contributed by atoms with Crippen LogP contribution in [0.4, 0.5) is 17.1 Å². The van der Waals surface area contributed by atoms with Gasteiger partial charge in [0.05, 0.1) is 22.1 Å². The summed E-state index contributed by atoms with van der Waals surface area (Å²) in [6.45, 7) is 0. The van der Waals surface area contributed by atoms with Crippen LogP contribution < -0.4 is 4.90 Å². The van der Waals surface area contributed by atoms with E-state index in [9.17, 15) is 0 Å². The molecule has 0 aliphatic carbocycles. The first kappa shape index (κ1) is 36.9. The summed E-state index contributed by atoms with van der Waals surface area (Å²) >= 11 is 0. The van der Waals surface area contributed by atoms with Crippen LogP contribution in [0.25, 0.3) is 110 Å². The third-order valence-electron chi connectivity index (χ3n) is 13.0. The summed E-state index contributed by atoms with van der Waals surface area (Å²) in [4.78, 5) is 2.42. The maximum atomic E-state index is 7.09. The Hall–Kier alpha value is -8.66. The van der Waals surface area contributed by atoms with Gasteiger partial charge in [-0.2, -0.15) is 0 Å². The number of nitrogens with zero attached hydrogens (tertiary/aromatic N) is 1. The van der Waals surface area contributed by atoms with Crippen molar-refractivity contribution in [2.45, 2.75) is 0 Å². The Morgan fingerprint density at radius 1 is 0.277 bits per heavy atom. The molecule has 0 N–H and O–H groups in total. The molecule has 0 fully saturated rings. The van der Waals surface area contributed by atoms with E-state index in [1.54, 1.807) is 0 Å². The zero-order chi connectivity index (χ0) is 42.8. The van der Waals surface area contributed by atoms with Crippen LogP contribution in [0.5, 0.6) is 0 Å². The molecule has 65 heavy (non-hydrogen) atoms. The predicted octanol–water partition coefficient (Wildman–Crippen LogP) is 17.9. The Labute approximate surface area is 375 Å². The van der Waals surface area contributed by atoms with Gasteiger partial charge >= 0.3 is 0 Å². The van der Waals surface area contributed by atoms with Crippen molar-refractivity contribution in [2.75, 3.05) is 4.90 Å². The summed E-state index contributed by atoms with van der Waals surface area (Å²) in [6, 6.07) is 84.6. The Kier molecular flexibility index (Phi) is 8.53. The van der Waals surface area contributed by atoms with Crippen LogP contribution in [0.2, 0.25) is 0 Å². The van der Waals surface area contributed by atoms with E-state index in [1.165, 1.54) is 27.1 Å². The number of rotatable bonds is 7. The average molecular weight is 830 g/mol. The van der Waals surface area contributed by atoms with Gasteiger partial charge in [-0.15, -0.1) is 0 Å². The highest BCUT2D eigenvalue weighted by molar-refractivity contribution is 6.21. The quantitative estimate of drug-likeness (QED) is 0.150. The number of benzene rings is 11. The van der Waals surface area contributed by atoms with Crippen molar-refractivity contribution in [3.05, 3.63) is 237 Å². The topological polar surface area (TPSA) is 29.5 Å². The number of hydrogen-bond donors (Lipinski definition) is 0. The monoisotopic (exact) mass is 829 g/mol. The van der Waals surface area contributed by atoms with Crippen LogP contribution in [0, 0.1) is 0 Å². The molecule has 0 saturated carbocycles. The van der Waals surface area contributed by atoms with Gasteiger partial charge in [0.25, 0.3) is 0 Å². The molecular weight excluding hydrogens is 791 g/mol. The first-order valence-corrected chi connectivity index (χ1v) is 22.1. The van der Waals surface area contributed by atoms with Gasteiger partial charge in [0, 0.05) is 22.0 Å². The zero-order valence-electron chi connectivity index (χ0n) is 35.3. The van der Waals surface area contributed by atoms with E-state index < -0.39 is 0 Å². The number of hydrogen-bond acceptors (Lipinski definition) is 3. The molecule has 0 atom stereocenters. The summed E-state index contributed by atoms with van der Waals surface area (Å²) in [7, 11) is 0. The third kappa shape index (κ3) is 6.20. The fourth-order valence-electron chi connectivity index (χ4n) is 9.91. The molecule has 304 valence electrons. The largest absolute Gasteiger partial charge is 0.456 e. The lowest BCUT2D eigenvalue weighted by Crippen LogP contribution is -2.11. The highest BCUT2D eigenvalue weighted by atomic mass is 16.3. The van der Waals surface area contributed by atoms with Crippen molar-refractivity contribution in [3.8, 4) is 44.5 Å². The summed E-state index contributed by atoms with van der Waals surface area (Å²) in [5, 5.41) is 9.20. The molecular formula is C62H39NO2. The fraction of sp³-hybridized carbons (Fsp3) is 0. The van der Waals surface area contributed by atoms with Gasteiger partial charge in [-0.1, -0.05) is 176 Å². The standard InChI is InChI=1S/C62H39NO2/c1-4-14-40(15-5-1)46-29-33-54-58(38-46)65-62-52(43-18-8-3-9-19-43)34-35-55(61(54)62)63(56-37-48(41-16-6-2-7-17-41)39-59-60(56)53-22-12-13-23-57(53)64-59)49-30-26-42(27-31-49)45-28-32-51-47(36-45)25-24-44-20-10-11-21-50(44)51/h1-39H. The molecule has 3 nitrogen and oxygen atoms in total. The van der Waals surface area contributed by atoms with E-state index in [1.807, 2.05) is 6.07 Å². The molecule has 13 rings (SSSR count). The lowest BCUT2D eigenvalue weighted by atomic mass is 9.96. The molecule has 2 heterocycles. The van der Waals surface area contributed by atoms with Crippen molar-refractivity contribution < 1.29 is 8.83 Å². The van der Waals surface area contributed by atoms with Gasteiger partial charge in [-0.25, -0.2) is 0 Å². The number of fused-ring (bicyclic) bond motifs is 9. The first-order valence-electron chi connectivity index (χ1n) is 22.1. The van der Waals surface area contributed by atoms with E-state index in [-0.39, 0.29) is 0 Å². The minimum absolute atomic E-state index is 0.828. The number of anilines is 3. The van der Waals surface area contributed by atoms with Crippen LogP contribution in [0.15, 0.2) is 245 Å². The second-order valence-electron chi connectivity index (χ2n) is 16.8. The molecule has 0 spiro atoms. The van der Waals surface area contributed by atoms with E-state index >= 15 is 0 Å². The third-order valence-corrected chi connectivity index (χ3v) is 13.0. The second-order valence-corrected chi connectivity index (χ2v) is 16.8. The van der Waals surface area contributed by atoms with Crippen LogP contribution in [0.3, 0.4) is 0 Å². The van der Waals surface area contributed by atoms with Gasteiger partial charge in [0.15, 0.2) is 0 Å². The molecule has 2 aromatic heterocycles. The highest BCUT2D eigenvalue weighted by Gasteiger charge is 2.26. The summed E-state index contributed by atoms with van der Waals surface area (Å²) in [6.07, 6.45) is 0. The molecule has 0 unspecified atom stereocenters. The molecule has 13 aromatic rings. The van der Waals surface area contributed by atoms with Gasteiger partial charge in [-0.3, -0.25) is 0 Å². The van der Waals surface area contributed by atoms with E-state index in [0.717, 1.165) is 99.9 Å². The SMILES string of the molecule is c1ccc(-c2ccc3c(c2)oc2c(-c4ccccc4)ccc(N(c4ccc(-c5ccc6c(ccc7ccccc76)c5)cc4)c4cc(-c5ccccc5)cc5oc6ccccc6c45)c23)cc1. The summed E-state index contributed by atoms with van der Waals surface area (Å²) < 4.78 is 13.8. The van der Waals surface area contributed by atoms with Crippen LogP contribution >= 0.6 is 0 Å². The van der Waals surface area contributed by atoms with Crippen molar-refractivity contribution in [2.24, 2.45) is 0 Å². The van der Waals surface area contributed by atoms with E-state index in [4.69, 9.17) is 8.83 Å². The Morgan fingerprint density at radius 2 is 0.831 bits per heavy atom. The van der Waals surface area contributed by atoms with Crippen molar-refractivity contribution in [1.29, 1.82) is 0 Å². The molecule has 0 aliphatic heterocycles. The fourth-order valence-corrected chi connectivity index (χ4v) is 9.91. The highest BCUT2D eigenvalue weighted by Crippen LogP contribution is 2.50.